The van der Waals surface area contributed by atoms with Crippen molar-refractivity contribution in [1.82, 2.24) is 15.5 Å². The van der Waals surface area contributed by atoms with E-state index in [2.05, 4.69) is 34.4 Å². The van der Waals surface area contributed by atoms with E-state index in [1.165, 1.54) is 0 Å². The summed E-state index contributed by atoms with van der Waals surface area (Å²) in [6, 6.07) is 2.81. The first-order chi connectivity index (χ1) is 12.7. The van der Waals surface area contributed by atoms with Gasteiger partial charge in [-0.05, 0) is 57.1 Å². The smallest absolute Gasteiger partial charge is 0.354 e. The second-order valence-electron chi connectivity index (χ2n) is 6.44. The summed E-state index contributed by atoms with van der Waals surface area (Å²) in [7, 11) is 1.56. The van der Waals surface area contributed by atoms with Crippen LogP contribution in [0.2, 0.25) is 0 Å². The van der Waals surface area contributed by atoms with E-state index < -0.39 is 17.6 Å². The van der Waals surface area contributed by atoms with Crippen molar-refractivity contribution in [2.75, 3.05) is 26.7 Å². The van der Waals surface area contributed by atoms with Crippen molar-refractivity contribution in [3.8, 4) is 0 Å². The van der Waals surface area contributed by atoms with Crippen molar-refractivity contribution in [3.63, 3.8) is 0 Å². The van der Waals surface area contributed by atoms with Gasteiger partial charge in [0, 0.05) is 19.6 Å². The summed E-state index contributed by atoms with van der Waals surface area (Å²) in [5, 5.41) is 6.06. The number of nitrogens with one attached hydrogen (secondary N) is 2. The summed E-state index contributed by atoms with van der Waals surface area (Å²) in [5.74, 6) is -0.488. The van der Waals surface area contributed by atoms with E-state index in [0.717, 1.165) is 44.6 Å². The molecule has 2 N–H and O–H groups in total. The van der Waals surface area contributed by atoms with Crippen molar-refractivity contribution in [2.24, 2.45) is 4.99 Å². The molecule has 0 saturated carbocycles. The molecule has 154 valence electrons. The third-order valence-electron chi connectivity index (χ3n) is 4.44. The number of nitrogens with zero attached hydrogens (tertiary/aromatic N) is 2. The number of aliphatic imine (C=N–C) groups is 1. The first kappa shape index (κ1) is 23.2. The Morgan fingerprint density at radius 1 is 1.22 bits per heavy atom. The zero-order chi connectivity index (χ0) is 20.4. The molecule has 4 nitrogen and oxygen atoms in total. The standard InChI is InChI=1S/C19H30F4N4/c1-5-27(6-2)11-7-8-14(3)26-18(24-4)25-13-15-9-10-16(20)12-17(15)19(21,22)23/h9-10,12,14H,5-8,11,13H2,1-4H3,(H2,24,25,26). The molecule has 0 aromatic heterocycles. The van der Waals surface area contributed by atoms with Crippen LogP contribution in [0.4, 0.5) is 17.6 Å². The molecule has 0 aliphatic carbocycles. The quantitative estimate of drug-likeness (QED) is 0.380. The third-order valence-corrected chi connectivity index (χ3v) is 4.44. The fourth-order valence-corrected chi connectivity index (χ4v) is 2.81. The zero-order valence-electron chi connectivity index (χ0n) is 16.5. The van der Waals surface area contributed by atoms with E-state index in [4.69, 9.17) is 0 Å². The molecule has 0 radical (unpaired) electrons. The van der Waals surface area contributed by atoms with Crippen molar-refractivity contribution < 1.29 is 17.6 Å². The van der Waals surface area contributed by atoms with E-state index in [1.54, 1.807) is 7.05 Å². The van der Waals surface area contributed by atoms with Gasteiger partial charge in [-0.2, -0.15) is 13.2 Å². The lowest BCUT2D eigenvalue weighted by Crippen LogP contribution is -2.42. The molecule has 1 atom stereocenters. The van der Waals surface area contributed by atoms with Crippen molar-refractivity contribution >= 4 is 5.96 Å². The van der Waals surface area contributed by atoms with E-state index in [9.17, 15) is 17.6 Å². The Kier molecular flexibility index (Phi) is 9.55. The van der Waals surface area contributed by atoms with E-state index in [0.29, 0.717) is 12.0 Å². The Hall–Kier alpha value is -1.83. The number of alkyl halides is 3. The van der Waals surface area contributed by atoms with Crippen LogP contribution in [0.1, 0.15) is 44.7 Å². The van der Waals surface area contributed by atoms with Gasteiger partial charge in [-0.25, -0.2) is 4.39 Å². The fourth-order valence-electron chi connectivity index (χ4n) is 2.81. The molecule has 0 spiro atoms. The summed E-state index contributed by atoms with van der Waals surface area (Å²) >= 11 is 0. The first-order valence-corrected chi connectivity index (χ1v) is 9.26. The summed E-state index contributed by atoms with van der Waals surface area (Å²) in [6.07, 6.45) is -2.67. The number of halogens is 4. The van der Waals surface area contributed by atoms with Crippen molar-refractivity contribution in [3.05, 3.63) is 35.1 Å². The minimum absolute atomic E-state index is 0.0268. The molecule has 8 heteroatoms. The van der Waals surface area contributed by atoms with Crippen LogP contribution in [0.3, 0.4) is 0 Å². The second-order valence-corrected chi connectivity index (χ2v) is 6.44. The predicted molar refractivity (Wildman–Crippen MR) is 101 cm³/mol. The highest BCUT2D eigenvalue weighted by atomic mass is 19.4. The summed E-state index contributed by atoms with van der Waals surface area (Å²) in [6.45, 7) is 9.20. The molecule has 1 aromatic rings. The molecule has 0 heterocycles. The van der Waals surface area contributed by atoms with Crippen LogP contribution in [0.15, 0.2) is 23.2 Å². The topological polar surface area (TPSA) is 39.7 Å². The van der Waals surface area contributed by atoms with Crippen LogP contribution in [0, 0.1) is 5.82 Å². The Bertz CT molecular complexity index is 598. The molecule has 0 aliphatic heterocycles. The average Bonchev–Trinajstić information content (AvgIpc) is 2.62. The molecule has 0 saturated heterocycles. The average molecular weight is 390 g/mol. The lowest BCUT2D eigenvalue weighted by molar-refractivity contribution is -0.138. The van der Waals surface area contributed by atoms with Gasteiger partial charge < -0.3 is 15.5 Å². The molecule has 0 bridgehead atoms. The minimum atomic E-state index is -4.60. The number of benzene rings is 1. The molecule has 0 aliphatic rings. The second kappa shape index (κ2) is 11.1. The van der Waals surface area contributed by atoms with Crippen LogP contribution in [0.25, 0.3) is 0 Å². The summed E-state index contributed by atoms with van der Waals surface area (Å²) < 4.78 is 52.4. The summed E-state index contributed by atoms with van der Waals surface area (Å²) in [5.41, 5.74) is -1.00. The molecular formula is C19H30F4N4. The monoisotopic (exact) mass is 390 g/mol. The van der Waals surface area contributed by atoms with Gasteiger partial charge in [-0.1, -0.05) is 19.9 Å². The predicted octanol–water partition coefficient (Wildman–Crippen LogP) is 4.02. The van der Waals surface area contributed by atoms with Gasteiger partial charge in [0.15, 0.2) is 5.96 Å². The maximum Gasteiger partial charge on any atom is 0.416 e. The van der Waals surface area contributed by atoms with Crippen molar-refractivity contribution in [2.45, 2.75) is 52.4 Å². The molecule has 0 amide bonds. The number of guanidine groups is 1. The van der Waals surface area contributed by atoms with Gasteiger partial charge in [0.1, 0.15) is 5.82 Å². The van der Waals surface area contributed by atoms with Crippen LogP contribution in [-0.2, 0) is 12.7 Å². The highest BCUT2D eigenvalue weighted by Crippen LogP contribution is 2.32. The van der Waals surface area contributed by atoms with Crippen LogP contribution in [-0.4, -0.2) is 43.6 Å². The van der Waals surface area contributed by atoms with Gasteiger partial charge >= 0.3 is 6.18 Å². The molecule has 0 fully saturated rings. The molecule has 27 heavy (non-hydrogen) atoms. The number of rotatable bonds is 9. The highest BCUT2D eigenvalue weighted by molar-refractivity contribution is 5.79. The molecule has 1 rings (SSSR count). The Balaban J connectivity index is 2.58. The minimum Gasteiger partial charge on any atom is -0.354 e. The lowest BCUT2D eigenvalue weighted by Gasteiger charge is -2.21. The molecular weight excluding hydrogens is 360 g/mol. The molecule has 1 unspecified atom stereocenters. The zero-order valence-corrected chi connectivity index (χ0v) is 16.5. The third kappa shape index (κ3) is 8.15. The lowest BCUT2D eigenvalue weighted by atomic mass is 10.1. The Labute approximate surface area is 159 Å². The van der Waals surface area contributed by atoms with E-state index >= 15 is 0 Å². The SMILES string of the molecule is CCN(CC)CCCC(C)NC(=NC)NCc1ccc(F)cc1C(F)(F)F. The Morgan fingerprint density at radius 2 is 1.89 bits per heavy atom. The van der Waals surface area contributed by atoms with Crippen LogP contribution < -0.4 is 10.6 Å². The summed E-state index contributed by atoms with van der Waals surface area (Å²) in [4.78, 5) is 6.40. The Morgan fingerprint density at radius 3 is 2.44 bits per heavy atom. The van der Waals surface area contributed by atoms with Gasteiger partial charge in [0.05, 0.1) is 5.56 Å². The van der Waals surface area contributed by atoms with Crippen LogP contribution in [0.5, 0.6) is 0 Å². The van der Waals surface area contributed by atoms with Gasteiger partial charge in [0.25, 0.3) is 0 Å². The van der Waals surface area contributed by atoms with E-state index in [1.807, 2.05) is 6.92 Å². The highest BCUT2D eigenvalue weighted by Gasteiger charge is 2.33. The largest absolute Gasteiger partial charge is 0.416 e. The number of hydrogen-bond acceptors (Lipinski definition) is 2. The normalized spacial score (nSPS) is 13.7. The number of hydrogen-bond donors (Lipinski definition) is 2. The fraction of sp³-hybridized carbons (Fsp3) is 0.632. The maximum atomic E-state index is 13.2. The van der Waals surface area contributed by atoms with Gasteiger partial charge in [-0.3, -0.25) is 4.99 Å². The maximum absolute atomic E-state index is 13.2. The molecule has 1 aromatic carbocycles. The van der Waals surface area contributed by atoms with Crippen LogP contribution >= 0.6 is 0 Å². The first-order valence-electron chi connectivity index (χ1n) is 9.26. The van der Waals surface area contributed by atoms with E-state index in [-0.39, 0.29) is 18.2 Å². The van der Waals surface area contributed by atoms with Crippen molar-refractivity contribution in [1.29, 1.82) is 0 Å². The van der Waals surface area contributed by atoms with Gasteiger partial charge in [0.2, 0.25) is 0 Å². The van der Waals surface area contributed by atoms with Gasteiger partial charge in [-0.15, -0.1) is 0 Å².